The highest BCUT2D eigenvalue weighted by Crippen LogP contribution is 2.30. The van der Waals surface area contributed by atoms with Crippen molar-refractivity contribution in [3.63, 3.8) is 0 Å². The molecule has 0 aliphatic rings. The Hall–Kier alpha value is -4.06. The number of hydrogen-bond acceptors (Lipinski definition) is 5. The predicted octanol–water partition coefficient (Wildman–Crippen LogP) is 5.10. The van der Waals surface area contributed by atoms with E-state index >= 15 is 0 Å². The molecule has 0 spiro atoms. The lowest BCUT2D eigenvalue weighted by atomic mass is 10.1. The molecule has 0 atom stereocenters. The van der Waals surface area contributed by atoms with Gasteiger partial charge in [-0.25, -0.2) is 19.8 Å². The molecule has 1 aromatic heterocycles. The third-order valence-corrected chi connectivity index (χ3v) is 4.22. The molecule has 0 fully saturated rings. The van der Waals surface area contributed by atoms with Crippen molar-refractivity contribution >= 4 is 12.2 Å². The molecule has 0 radical (unpaired) electrons. The third kappa shape index (κ3) is 4.44. The van der Waals surface area contributed by atoms with Gasteiger partial charge in [-0.1, -0.05) is 54.6 Å². The van der Waals surface area contributed by atoms with Crippen LogP contribution in [0.3, 0.4) is 0 Å². The molecule has 0 unspecified atom stereocenters. The molecule has 29 heavy (non-hydrogen) atoms. The molecular weight excluding hydrogens is 367 g/mol. The van der Waals surface area contributed by atoms with E-state index in [0.717, 1.165) is 11.1 Å². The first-order chi connectivity index (χ1) is 14.2. The van der Waals surface area contributed by atoms with Gasteiger partial charge in [0.1, 0.15) is 11.6 Å². The maximum Gasteiger partial charge on any atom is 0.244 e. The van der Waals surface area contributed by atoms with E-state index in [4.69, 9.17) is 0 Å². The van der Waals surface area contributed by atoms with E-state index < -0.39 is 0 Å². The molecule has 4 rings (SSSR count). The lowest BCUT2D eigenvalue weighted by molar-refractivity contribution is 0.477. The van der Waals surface area contributed by atoms with Crippen molar-refractivity contribution in [3.8, 4) is 28.3 Å². The van der Waals surface area contributed by atoms with Crippen molar-refractivity contribution in [2.45, 2.75) is 0 Å². The fraction of sp³-hybridized carbons (Fsp3) is 0. The topological polar surface area (TPSA) is 70.4 Å². The Kier molecular flexibility index (Phi) is 5.25. The highest BCUT2D eigenvalue weighted by Gasteiger charge is 2.11. The minimum absolute atomic E-state index is 0.131. The van der Waals surface area contributed by atoms with Gasteiger partial charge in [0.05, 0.1) is 17.6 Å². The molecule has 4 aromatic rings. The number of anilines is 1. The molecule has 5 nitrogen and oxygen atoms in total. The summed E-state index contributed by atoms with van der Waals surface area (Å²) in [5.41, 5.74) is 6.32. The highest BCUT2D eigenvalue weighted by atomic mass is 19.1. The van der Waals surface area contributed by atoms with Crippen LogP contribution in [0.1, 0.15) is 5.56 Å². The van der Waals surface area contributed by atoms with Crippen molar-refractivity contribution in [2.24, 2.45) is 5.10 Å². The molecule has 2 N–H and O–H groups in total. The Balaban J connectivity index is 1.70. The first kappa shape index (κ1) is 18.3. The predicted molar refractivity (Wildman–Crippen MR) is 112 cm³/mol. The van der Waals surface area contributed by atoms with E-state index in [1.54, 1.807) is 36.5 Å². The van der Waals surface area contributed by atoms with Crippen molar-refractivity contribution in [3.05, 3.63) is 96.3 Å². The molecule has 0 saturated heterocycles. The van der Waals surface area contributed by atoms with Gasteiger partial charge in [0.25, 0.3) is 0 Å². The zero-order valence-corrected chi connectivity index (χ0v) is 15.3. The number of nitrogens with zero attached hydrogens (tertiary/aromatic N) is 3. The number of phenolic OH excluding ortho intramolecular Hbond substituents is 1. The van der Waals surface area contributed by atoms with Gasteiger partial charge in [0.15, 0.2) is 0 Å². The van der Waals surface area contributed by atoms with Crippen LogP contribution in [0.4, 0.5) is 10.3 Å². The summed E-state index contributed by atoms with van der Waals surface area (Å²) in [6.07, 6.45) is 1.55. The third-order valence-electron chi connectivity index (χ3n) is 4.22. The Morgan fingerprint density at radius 3 is 2.28 bits per heavy atom. The smallest absolute Gasteiger partial charge is 0.244 e. The Labute approximate surface area is 167 Å². The highest BCUT2D eigenvalue weighted by molar-refractivity contribution is 5.80. The van der Waals surface area contributed by atoms with Gasteiger partial charge < -0.3 is 5.11 Å². The number of nitrogens with one attached hydrogen (secondary N) is 1. The summed E-state index contributed by atoms with van der Waals surface area (Å²) in [6.45, 7) is 0. The molecule has 0 amide bonds. The summed E-state index contributed by atoms with van der Waals surface area (Å²) < 4.78 is 13.0. The summed E-state index contributed by atoms with van der Waals surface area (Å²) >= 11 is 0. The van der Waals surface area contributed by atoms with Crippen molar-refractivity contribution in [1.29, 1.82) is 0 Å². The second-order valence-corrected chi connectivity index (χ2v) is 6.27. The lowest BCUT2D eigenvalue weighted by Gasteiger charge is -2.09. The maximum atomic E-state index is 13.0. The number of para-hydroxylation sites is 1. The molecule has 142 valence electrons. The first-order valence-electron chi connectivity index (χ1n) is 8.96. The van der Waals surface area contributed by atoms with Crippen LogP contribution in [-0.4, -0.2) is 21.3 Å². The normalized spacial score (nSPS) is 10.9. The van der Waals surface area contributed by atoms with Gasteiger partial charge in [-0.3, -0.25) is 0 Å². The van der Waals surface area contributed by atoms with Crippen LogP contribution in [0.5, 0.6) is 5.75 Å². The van der Waals surface area contributed by atoms with Gasteiger partial charge in [0.2, 0.25) is 5.95 Å². The summed E-state index contributed by atoms with van der Waals surface area (Å²) in [5.74, 6) is 0.107. The van der Waals surface area contributed by atoms with Crippen molar-refractivity contribution in [1.82, 2.24) is 9.97 Å². The lowest BCUT2D eigenvalue weighted by Crippen LogP contribution is -2.00. The van der Waals surface area contributed by atoms with Crippen LogP contribution < -0.4 is 5.43 Å². The minimum Gasteiger partial charge on any atom is -0.507 e. The first-order valence-corrected chi connectivity index (χ1v) is 8.96. The molecule has 6 heteroatoms. The van der Waals surface area contributed by atoms with E-state index in [9.17, 15) is 9.50 Å². The van der Waals surface area contributed by atoms with Crippen LogP contribution in [0.25, 0.3) is 22.5 Å². The van der Waals surface area contributed by atoms with Gasteiger partial charge in [0, 0.05) is 11.1 Å². The standard InChI is InChI=1S/C23H17FN4O/c24-18-12-10-16(11-13-18)15-25-28-23-26-20(17-6-2-1-3-7-17)14-21(27-23)19-8-4-5-9-22(19)29/h1-15,29H,(H,26,27,28)/b25-15+. The fourth-order valence-corrected chi connectivity index (χ4v) is 2.80. The molecule has 0 bridgehead atoms. The largest absolute Gasteiger partial charge is 0.507 e. The number of hydrogen-bond donors (Lipinski definition) is 2. The van der Waals surface area contributed by atoms with Crippen LogP contribution in [0.2, 0.25) is 0 Å². The zero-order valence-electron chi connectivity index (χ0n) is 15.3. The van der Waals surface area contributed by atoms with Crippen molar-refractivity contribution in [2.75, 3.05) is 5.43 Å². The number of rotatable bonds is 5. The molecule has 0 saturated carbocycles. The summed E-state index contributed by atoms with van der Waals surface area (Å²) in [5, 5.41) is 14.4. The quantitative estimate of drug-likeness (QED) is 0.371. The van der Waals surface area contributed by atoms with Crippen LogP contribution in [0.15, 0.2) is 90.0 Å². The van der Waals surface area contributed by atoms with Crippen LogP contribution >= 0.6 is 0 Å². The SMILES string of the molecule is Oc1ccccc1-c1cc(-c2ccccc2)nc(N/N=C/c2ccc(F)cc2)n1. The van der Waals surface area contributed by atoms with E-state index in [-0.39, 0.29) is 17.5 Å². The number of halogens is 1. The Morgan fingerprint density at radius 1 is 0.828 bits per heavy atom. The van der Waals surface area contributed by atoms with Gasteiger partial charge in [-0.15, -0.1) is 0 Å². The van der Waals surface area contributed by atoms with Gasteiger partial charge >= 0.3 is 0 Å². The minimum atomic E-state index is -0.304. The molecule has 0 aliphatic carbocycles. The second-order valence-electron chi connectivity index (χ2n) is 6.27. The fourth-order valence-electron chi connectivity index (χ4n) is 2.80. The summed E-state index contributed by atoms with van der Waals surface area (Å²) in [6, 6.07) is 24.5. The molecular formula is C23H17FN4O. The monoisotopic (exact) mass is 384 g/mol. The average molecular weight is 384 g/mol. The van der Waals surface area contributed by atoms with Crippen molar-refractivity contribution < 1.29 is 9.50 Å². The van der Waals surface area contributed by atoms with Crippen LogP contribution in [-0.2, 0) is 0 Å². The summed E-state index contributed by atoms with van der Waals surface area (Å²) in [4.78, 5) is 9.01. The average Bonchev–Trinajstić information content (AvgIpc) is 2.76. The number of aromatic hydroxyl groups is 1. The van der Waals surface area contributed by atoms with Gasteiger partial charge in [-0.05, 0) is 35.9 Å². The Morgan fingerprint density at radius 2 is 1.52 bits per heavy atom. The number of hydrazone groups is 1. The van der Waals surface area contributed by atoms with E-state index in [2.05, 4.69) is 20.5 Å². The van der Waals surface area contributed by atoms with Gasteiger partial charge in [-0.2, -0.15) is 5.10 Å². The second kappa shape index (κ2) is 8.31. The molecule has 1 heterocycles. The number of phenols is 1. The number of benzene rings is 3. The molecule has 0 aliphatic heterocycles. The van der Waals surface area contributed by atoms with E-state index in [1.807, 2.05) is 42.5 Å². The molecule has 3 aromatic carbocycles. The number of aromatic nitrogens is 2. The zero-order chi connectivity index (χ0) is 20.1. The van der Waals surface area contributed by atoms with E-state index in [1.165, 1.54) is 12.1 Å². The Bertz CT molecular complexity index is 1150. The van der Waals surface area contributed by atoms with E-state index in [0.29, 0.717) is 17.0 Å². The maximum absolute atomic E-state index is 13.0. The van der Waals surface area contributed by atoms with Crippen LogP contribution in [0, 0.1) is 5.82 Å². The summed E-state index contributed by atoms with van der Waals surface area (Å²) in [7, 11) is 0.